The minimum atomic E-state index is -3.38. The molecule has 0 bridgehead atoms. The third-order valence-electron chi connectivity index (χ3n) is 5.25. The summed E-state index contributed by atoms with van der Waals surface area (Å²) in [6, 6.07) is 0.0751. The van der Waals surface area contributed by atoms with Gasteiger partial charge in [0.05, 0.1) is 11.9 Å². The van der Waals surface area contributed by atoms with Gasteiger partial charge in [0.15, 0.2) is 5.96 Å². The van der Waals surface area contributed by atoms with Crippen molar-refractivity contribution < 1.29 is 17.9 Å². The fourth-order valence-corrected chi connectivity index (χ4v) is 5.32. The molecule has 1 unspecified atom stereocenters. The second kappa shape index (κ2) is 12.9. The zero-order valence-corrected chi connectivity index (χ0v) is 20.9. The molecule has 2 rings (SSSR count). The van der Waals surface area contributed by atoms with Gasteiger partial charge in [0, 0.05) is 46.9 Å². The summed E-state index contributed by atoms with van der Waals surface area (Å²) >= 11 is 0. The summed E-state index contributed by atoms with van der Waals surface area (Å²) in [6.07, 6.45) is 5.43. The second-order valence-electron chi connectivity index (χ2n) is 7.70. The molecule has 1 amide bonds. The Morgan fingerprint density at radius 3 is 2.52 bits per heavy atom. The van der Waals surface area contributed by atoms with Gasteiger partial charge in [-0.3, -0.25) is 4.79 Å². The zero-order chi connectivity index (χ0) is 20.6. The van der Waals surface area contributed by atoms with E-state index >= 15 is 0 Å². The predicted octanol–water partition coefficient (Wildman–Crippen LogP) is 0.611. The van der Waals surface area contributed by atoms with Crippen LogP contribution in [0.15, 0.2) is 4.99 Å². The number of halogens is 1. The number of likely N-dealkylation sites (N-methyl/N-ethyl adjacent to an activating group) is 1. The van der Waals surface area contributed by atoms with E-state index in [4.69, 9.17) is 4.74 Å². The van der Waals surface area contributed by atoms with Crippen molar-refractivity contribution in [2.24, 2.45) is 4.99 Å². The number of amides is 1. The van der Waals surface area contributed by atoms with E-state index in [9.17, 15) is 13.2 Å². The topological polar surface area (TPSA) is 103 Å². The van der Waals surface area contributed by atoms with Crippen LogP contribution in [0.3, 0.4) is 0 Å². The Morgan fingerprint density at radius 2 is 1.90 bits per heavy atom. The largest absolute Gasteiger partial charge is 0.383 e. The van der Waals surface area contributed by atoms with Crippen LogP contribution in [0, 0.1) is 0 Å². The number of carbonyl (C=O) groups excluding carboxylic acids is 1. The number of sulfonamides is 1. The second-order valence-corrected chi connectivity index (χ2v) is 9.69. The van der Waals surface area contributed by atoms with Gasteiger partial charge in [0.2, 0.25) is 15.9 Å². The van der Waals surface area contributed by atoms with Gasteiger partial charge >= 0.3 is 0 Å². The van der Waals surface area contributed by atoms with E-state index in [1.165, 1.54) is 4.90 Å². The Morgan fingerprint density at radius 1 is 1.21 bits per heavy atom. The minimum absolute atomic E-state index is 0. The number of likely N-dealkylation sites (tertiary alicyclic amines) is 1. The standard InChI is InChI=1S/C18H35N5O4S.HI/c1-22(2)17(24)13-20-18(19-10-12-27-3)23-11-6-9-16(14-23)28(25,26)21-15-7-4-5-8-15;/h15-16,21H,4-14H2,1-3H3,(H,19,20);1H. The Kier molecular flexibility index (Phi) is 11.7. The van der Waals surface area contributed by atoms with E-state index in [2.05, 4.69) is 15.0 Å². The molecule has 1 heterocycles. The maximum Gasteiger partial charge on any atom is 0.243 e. The van der Waals surface area contributed by atoms with Crippen LogP contribution in [0.4, 0.5) is 0 Å². The molecule has 29 heavy (non-hydrogen) atoms. The van der Waals surface area contributed by atoms with E-state index in [0.29, 0.717) is 38.6 Å². The number of rotatable bonds is 8. The highest BCUT2D eigenvalue weighted by atomic mass is 127. The van der Waals surface area contributed by atoms with Crippen LogP contribution in [-0.4, -0.2) is 95.4 Å². The Bertz CT molecular complexity index is 638. The molecule has 11 heteroatoms. The van der Waals surface area contributed by atoms with Crippen LogP contribution in [0.25, 0.3) is 0 Å². The molecule has 1 saturated heterocycles. The first-order valence-electron chi connectivity index (χ1n) is 10.1. The summed E-state index contributed by atoms with van der Waals surface area (Å²) in [5.41, 5.74) is 0. The maximum absolute atomic E-state index is 12.8. The van der Waals surface area contributed by atoms with Crippen molar-refractivity contribution in [1.29, 1.82) is 0 Å². The molecule has 0 radical (unpaired) electrons. The van der Waals surface area contributed by atoms with Gasteiger partial charge in [-0.2, -0.15) is 0 Å². The van der Waals surface area contributed by atoms with Crippen molar-refractivity contribution in [2.45, 2.75) is 49.8 Å². The molecule has 1 aliphatic carbocycles. The Hall–Kier alpha value is -0.660. The Labute approximate surface area is 192 Å². The number of ether oxygens (including phenoxy) is 1. The first-order chi connectivity index (χ1) is 13.3. The van der Waals surface area contributed by atoms with E-state index in [0.717, 1.165) is 32.1 Å². The summed E-state index contributed by atoms with van der Waals surface area (Å²) in [5, 5.41) is 2.72. The average Bonchev–Trinajstić information content (AvgIpc) is 3.16. The van der Waals surface area contributed by atoms with Crippen molar-refractivity contribution in [3.8, 4) is 0 Å². The van der Waals surface area contributed by atoms with Gasteiger partial charge in [0.25, 0.3) is 0 Å². The molecule has 0 aromatic heterocycles. The number of guanidine groups is 1. The lowest BCUT2D eigenvalue weighted by Crippen LogP contribution is -2.53. The van der Waals surface area contributed by atoms with E-state index < -0.39 is 15.3 Å². The average molecular weight is 545 g/mol. The van der Waals surface area contributed by atoms with Crippen LogP contribution in [0.2, 0.25) is 0 Å². The number of methoxy groups -OCH3 is 1. The summed E-state index contributed by atoms with van der Waals surface area (Å²) in [6.45, 7) is 2.15. The first-order valence-corrected chi connectivity index (χ1v) is 11.6. The number of carbonyl (C=O) groups is 1. The lowest BCUT2D eigenvalue weighted by atomic mass is 10.1. The van der Waals surface area contributed by atoms with Crippen LogP contribution < -0.4 is 10.0 Å². The van der Waals surface area contributed by atoms with E-state index in [1.54, 1.807) is 21.2 Å². The Balaban J connectivity index is 0.00000420. The molecule has 2 N–H and O–H groups in total. The monoisotopic (exact) mass is 545 g/mol. The smallest absolute Gasteiger partial charge is 0.243 e. The van der Waals surface area contributed by atoms with Gasteiger partial charge in [-0.25, -0.2) is 18.1 Å². The number of aliphatic imine (C=N–C) groups is 1. The lowest BCUT2D eigenvalue weighted by Gasteiger charge is -2.35. The van der Waals surface area contributed by atoms with Crippen LogP contribution in [-0.2, 0) is 19.6 Å². The normalized spacial score (nSPS) is 21.0. The molecule has 2 fully saturated rings. The van der Waals surface area contributed by atoms with Crippen LogP contribution in [0.5, 0.6) is 0 Å². The SMILES string of the molecule is COCCNC(=NCC(=O)N(C)C)N1CCCC(S(=O)(=O)NC2CCCC2)C1.I. The molecule has 2 aliphatic rings. The quantitative estimate of drug-likeness (QED) is 0.201. The molecule has 1 aliphatic heterocycles. The van der Waals surface area contributed by atoms with Gasteiger partial charge in [-0.1, -0.05) is 12.8 Å². The minimum Gasteiger partial charge on any atom is -0.383 e. The van der Waals surface area contributed by atoms with E-state index in [-0.39, 0.29) is 42.5 Å². The van der Waals surface area contributed by atoms with Gasteiger partial charge in [0.1, 0.15) is 6.54 Å². The van der Waals surface area contributed by atoms with Gasteiger partial charge < -0.3 is 19.9 Å². The molecular formula is C18H36IN5O4S. The highest BCUT2D eigenvalue weighted by molar-refractivity contribution is 14.0. The molecule has 1 atom stereocenters. The molecule has 0 aromatic carbocycles. The molecule has 0 spiro atoms. The number of piperidine rings is 1. The molecule has 0 aromatic rings. The maximum atomic E-state index is 12.8. The van der Waals surface area contributed by atoms with Crippen molar-refractivity contribution in [3.05, 3.63) is 0 Å². The van der Waals surface area contributed by atoms with Crippen molar-refractivity contribution in [3.63, 3.8) is 0 Å². The third-order valence-corrected chi connectivity index (χ3v) is 7.18. The molecule has 170 valence electrons. The van der Waals surface area contributed by atoms with Gasteiger partial charge in [-0.15, -0.1) is 24.0 Å². The summed E-state index contributed by atoms with van der Waals surface area (Å²) in [4.78, 5) is 19.8. The molecular weight excluding hydrogens is 509 g/mol. The summed E-state index contributed by atoms with van der Waals surface area (Å²) < 4.78 is 33.7. The zero-order valence-electron chi connectivity index (χ0n) is 17.7. The third kappa shape index (κ3) is 8.54. The number of hydrogen-bond acceptors (Lipinski definition) is 5. The molecule has 9 nitrogen and oxygen atoms in total. The van der Waals surface area contributed by atoms with Crippen molar-refractivity contribution in [1.82, 2.24) is 19.8 Å². The van der Waals surface area contributed by atoms with Gasteiger partial charge in [-0.05, 0) is 25.7 Å². The fraction of sp³-hybridized carbons (Fsp3) is 0.889. The van der Waals surface area contributed by atoms with Crippen LogP contribution >= 0.6 is 24.0 Å². The number of nitrogens with zero attached hydrogens (tertiary/aromatic N) is 3. The lowest BCUT2D eigenvalue weighted by molar-refractivity contribution is -0.127. The van der Waals surface area contributed by atoms with Crippen molar-refractivity contribution in [2.75, 3.05) is 54.0 Å². The number of hydrogen-bond donors (Lipinski definition) is 2. The van der Waals surface area contributed by atoms with E-state index in [1.807, 2.05) is 4.90 Å². The first kappa shape index (κ1) is 26.4. The van der Waals surface area contributed by atoms with Crippen LogP contribution in [0.1, 0.15) is 38.5 Å². The summed E-state index contributed by atoms with van der Waals surface area (Å²) in [5.74, 6) is 0.461. The predicted molar refractivity (Wildman–Crippen MR) is 125 cm³/mol. The highest BCUT2D eigenvalue weighted by Gasteiger charge is 2.34. The highest BCUT2D eigenvalue weighted by Crippen LogP contribution is 2.22. The molecule has 1 saturated carbocycles. The summed E-state index contributed by atoms with van der Waals surface area (Å²) in [7, 11) is 1.62. The number of nitrogens with one attached hydrogen (secondary N) is 2. The van der Waals surface area contributed by atoms with Crippen molar-refractivity contribution >= 4 is 45.9 Å². The fourth-order valence-electron chi connectivity index (χ4n) is 3.57.